The number of nitrogens with two attached hydrogens (primary N) is 1. The maximum Gasteiger partial charge on any atom is 0.224 e. The Morgan fingerprint density at radius 1 is 1.17 bits per heavy atom. The highest BCUT2D eigenvalue weighted by molar-refractivity contribution is 5.78. The van der Waals surface area contributed by atoms with Crippen LogP contribution in [0, 0.1) is 6.92 Å². The van der Waals surface area contributed by atoms with Crippen molar-refractivity contribution < 1.29 is 4.79 Å². The van der Waals surface area contributed by atoms with Crippen molar-refractivity contribution in [1.29, 1.82) is 0 Å². The van der Waals surface area contributed by atoms with Gasteiger partial charge in [-0.15, -0.1) is 0 Å². The molecule has 23 heavy (non-hydrogen) atoms. The van der Waals surface area contributed by atoms with Gasteiger partial charge in [0.2, 0.25) is 5.91 Å². The third-order valence-electron chi connectivity index (χ3n) is 4.66. The van der Waals surface area contributed by atoms with Gasteiger partial charge in [0.15, 0.2) is 0 Å². The molecule has 3 nitrogen and oxygen atoms in total. The number of nitrogens with zero attached hydrogens (tertiary/aromatic N) is 1. The van der Waals surface area contributed by atoms with Gasteiger partial charge >= 0.3 is 0 Å². The van der Waals surface area contributed by atoms with E-state index < -0.39 is 0 Å². The first-order valence-corrected chi connectivity index (χ1v) is 8.31. The second-order valence-electron chi connectivity index (χ2n) is 6.38. The molecule has 3 rings (SSSR count). The molecule has 1 amide bonds. The number of carbonyl (C=O) groups is 1. The van der Waals surface area contributed by atoms with E-state index in [0.717, 1.165) is 24.9 Å². The van der Waals surface area contributed by atoms with Gasteiger partial charge in [-0.2, -0.15) is 0 Å². The van der Waals surface area contributed by atoms with Crippen LogP contribution in [0.25, 0.3) is 0 Å². The first kappa shape index (κ1) is 15.8. The number of benzene rings is 2. The van der Waals surface area contributed by atoms with E-state index in [-0.39, 0.29) is 18.0 Å². The lowest BCUT2D eigenvalue weighted by molar-refractivity contribution is -0.132. The molecule has 3 heteroatoms. The van der Waals surface area contributed by atoms with Gasteiger partial charge in [-0.3, -0.25) is 4.79 Å². The van der Waals surface area contributed by atoms with E-state index in [9.17, 15) is 4.79 Å². The zero-order chi connectivity index (χ0) is 16.2. The molecule has 1 heterocycles. The molecule has 0 aliphatic carbocycles. The third-order valence-corrected chi connectivity index (χ3v) is 4.66. The molecule has 0 saturated carbocycles. The van der Waals surface area contributed by atoms with Crippen LogP contribution in [0.3, 0.4) is 0 Å². The van der Waals surface area contributed by atoms with E-state index in [0.29, 0.717) is 6.42 Å². The first-order chi connectivity index (χ1) is 11.1. The van der Waals surface area contributed by atoms with E-state index in [1.165, 1.54) is 11.1 Å². The van der Waals surface area contributed by atoms with Crippen molar-refractivity contribution in [2.75, 3.05) is 6.54 Å². The van der Waals surface area contributed by atoms with Gasteiger partial charge in [0, 0.05) is 19.0 Å². The predicted octanol–water partition coefficient (Wildman–Crippen LogP) is 3.75. The summed E-state index contributed by atoms with van der Waals surface area (Å²) in [5.74, 6) is 0.157. The Kier molecular flexibility index (Phi) is 4.77. The molecule has 1 saturated heterocycles. The quantitative estimate of drug-likeness (QED) is 0.935. The molecule has 2 aromatic carbocycles. The van der Waals surface area contributed by atoms with Crippen molar-refractivity contribution in [3.05, 3.63) is 71.3 Å². The lowest BCUT2D eigenvalue weighted by atomic mass is 10.0. The summed E-state index contributed by atoms with van der Waals surface area (Å²) in [6.45, 7) is 2.92. The summed E-state index contributed by atoms with van der Waals surface area (Å²) in [6.07, 6.45) is 2.46. The third kappa shape index (κ3) is 3.62. The van der Waals surface area contributed by atoms with E-state index in [1.807, 2.05) is 35.2 Å². The zero-order valence-corrected chi connectivity index (χ0v) is 13.6. The Balaban J connectivity index is 1.69. The highest BCUT2D eigenvalue weighted by Gasteiger charge is 2.30. The Hall–Kier alpha value is -2.13. The number of carbonyl (C=O) groups excluding carboxylic acids is 1. The number of hydrogen-bond donors (Lipinski definition) is 1. The molecule has 120 valence electrons. The summed E-state index contributed by atoms with van der Waals surface area (Å²) in [5.41, 5.74) is 9.72. The summed E-state index contributed by atoms with van der Waals surface area (Å²) >= 11 is 0. The summed E-state index contributed by atoms with van der Waals surface area (Å²) in [4.78, 5) is 14.7. The Labute approximate surface area is 138 Å². The van der Waals surface area contributed by atoms with E-state index in [1.54, 1.807) is 0 Å². The predicted molar refractivity (Wildman–Crippen MR) is 92.9 cm³/mol. The highest BCUT2D eigenvalue weighted by Crippen LogP contribution is 2.33. The topological polar surface area (TPSA) is 46.3 Å². The van der Waals surface area contributed by atoms with Gasteiger partial charge in [0.05, 0.1) is 6.04 Å². The Morgan fingerprint density at radius 2 is 1.87 bits per heavy atom. The minimum Gasteiger partial charge on any atom is -0.336 e. The van der Waals surface area contributed by atoms with Crippen LogP contribution >= 0.6 is 0 Å². The van der Waals surface area contributed by atoms with Crippen LogP contribution in [0.5, 0.6) is 0 Å². The molecular formula is C20H24N2O. The van der Waals surface area contributed by atoms with E-state index in [4.69, 9.17) is 5.73 Å². The standard InChI is InChI=1S/C20H24N2O/c1-15-9-11-17(12-10-15)19-8-5-13-22(19)20(23)14-18(21)16-6-3-2-4-7-16/h2-4,6-7,9-12,18-19H,5,8,13-14,21H2,1H3. The second-order valence-corrected chi connectivity index (χ2v) is 6.38. The molecule has 1 aliphatic heterocycles. The first-order valence-electron chi connectivity index (χ1n) is 8.31. The van der Waals surface area contributed by atoms with Crippen molar-refractivity contribution in [3.63, 3.8) is 0 Å². The van der Waals surface area contributed by atoms with Gasteiger partial charge in [-0.1, -0.05) is 60.2 Å². The lowest BCUT2D eigenvalue weighted by Gasteiger charge is -2.26. The molecule has 0 aromatic heterocycles. The average Bonchev–Trinajstić information content (AvgIpc) is 3.06. The van der Waals surface area contributed by atoms with Crippen LogP contribution in [0.15, 0.2) is 54.6 Å². The largest absolute Gasteiger partial charge is 0.336 e. The lowest BCUT2D eigenvalue weighted by Crippen LogP contribution is -2.33. The molecule has 2 N–H and O–H groups in total. The number of hydrogen-bond acceptors (Lipinski definition) is 2. The summed E-state index contributed by atoms with van der Waals surface area (Å²) < 4.78 is 0. The maximum atomic E-state index is 12.7. The molecule has 0 spiro atoms. The van der Waals surface area contributed by atoms with E-state index in [2.05, 4.69) is 31.2 Å². The number of amides is 1. The van der Waals surface area contributed by atoms with Crippen LogP contribution in [-0.2, 0) is 4.79 Å². The van der Waals surface area contributed by atoms with Crippen molar-refractivity contribution in [2.24, 2.45) is 5.73 Å². The molecule has 1 aliphatic rings. The number of rotatable bonds is 4. The van der Waals surface area contributed by atoms with Crippen LogP contribution < -0.4 is 5.73 Å². The van der Waals surface area contributed by atoms with Crippen molar-refractivity contribution in [2.45, 2.75) is 38.3 Å². The van der Waals surface area contributed by atoms with Gasteiger partial charge in [0.1, 0.15) is 0 Å². The van der Waals surface area contributed by atoms with E-state index >= 15 is 0 Å². The monoisotopic (exact) mass is 308 g/mol. The van der Waals surface area contributed by atoms with Crippen molar-refractivity contribution >= 4 is 5.91 Å². The second kappa shape index (κ2) is 6.97. The molecule has 2 atom stereocenters. The fourth-order valence-electron chi connectivity index (χ4n) is 3.32. The zero-order valence-electron chi connectivity index (χ0n) is 13.6. The fourth-order valence-corrected chi connectivity index (χ4v) is 3.32. The number of aryl methyl sites for hydroxylation is 1. The summed E-state index contributed by atoms with van der Waals surface area (Å²) in [6, 6.07) is 18.3. The minimum absolute atomic E-state index is 0.157. The van der Waals surface area contributed by atoms with Crippen LogP contribution in [0.2, 0.25) is 0 Å². The highest BCUT2D eigenvalue weighted by atomic mass is 16.2. The average molecular weight is 308 g/mol. The Morgan fingerprint density at radius 3 is 2.57 bits per heavy atom. The SMILES string of the molecule is Cc1ccc(C2CCCN2C(=O)CC(N)c2ccccc2)cc1. The van der Waals surface area contributed by atoms with Crippen molar-refractivity contribution in [1.82, 2.24) is 4.90 Å². The molecule has 2 unspecified atom stereocenters. The van der Waals surface area contributed by atoms with Gasteiger partial charge in [-0.05, 0) is 30.9 Å². The molecule has 2 aromatic rings. The van der Waals surface area contributed by atoms with Crippen LogP contribution in [-0.4, -0.2) is 17.4 Å². The summed E-state index contributed by atoms with van der Waals surface area (Å²) in [5, 5.41) is 0. The van der Waals surface area contributed by atoms with Crippen molar-refractivity contribution in [3.8, 4) is 0 Å². The molecule has 1 fully saturated rings. The smallest absolute Gasteiger partial charge is 0.224 e. The Bertz CT molecular complexity index is 651. The maximum absolute atomic E-state index is 12.7. The molecule has 0 radical (unpaired) electrons. The van der Waals surface area contributed by atoms with Gasteiger partial charge in [-0.25, -0.2) is 0 Å². The van der Waals surface area contributed by atoms with Gasteiger partial charge < -0.3 is 10.6 Å². The molecular weight excluding hydrogens is 284 g/mol. The summed E-state index contributed by atoms with van der Waals surface area (Å²) in [7, 11) is 0. The fraction of sp³-hybridized carbons (Fsp3) is 0.350. The van der Waals surface area contributed by atoms with Gasteiger partial charge in [0.25, 0.3) is 0 Å². The number of likely N-dealkylation sites (tertiary alicyclic amines) is 1. The van der Waals surface area contributed by atoms with Crippen LogP contribution in [0.4, 0.5) is 0 Å². The normalized spacial score (nSPS) is 18.9. The molecule has 0 bridgehead atoms. The minimum atomic E-state index is -0.233. The van der Waals surface area contributed by atoms with Crippen LogP contribution in [0.1, 0.15) is 48.0 Å².